The minimum atomic E-state index is -0.839. The Kier molecular flexibility index (Phi) is 3.01. The Bertz CT molecular complexity index is 526. The zero-order chi connectivity index (χ0) is 13.4. The van der Waals surface area contributed by atoms with Gasteiger partial charge in [-0.25, -0.2) is 0 Å². The minimum absolute atomic E-state index is 0.0177. The number of benzene rings is 1. The van der Waals surface area contributed by atoms with Crippen molar-refractivity contribution >= 4 is 11.9 Å². The zero-order valence-corrected chi connectivity index (χ0v) is 10.7. The van der Waals surface area contributed by atoms with Gasteiger partial charge in [0.1, 0.15) is 0 Å². The summed E-state index contributed by atoms with van der Waals surface area (Å²) < 4.78 is 0. The van der Waals surface area contributed by atoms with Crippen LogP contribution in [-0.2, 0) is 22.6 Å². The van der Waals surface area contributed by atoms with E-state index in [9.17, 15) is 9.59 Å². The smallest absolute Gasteiger partial charge is 0.307 e. The van der Waals surface area contributed by atoms with E-state index in [1.165, 1.54) is 11.1 Å². The largest absolute Gasteiger partial charge is 0.481 e. The molecular weight excluding hydrogens is 242 g/mol. The van der Waals surface area contributed by atoms with Crippen LogP contribution in [-0.4, -0.2) is 28.4 Å². The van der Waals surface area contributed by atoms with E-state index in [1.54, 1.807) is 0 Å². The topological polar surface area (TPSA) is 57.6 Å². The van der Waals surface area contributed by atoms with Crippen LogP contribution in [0.25, 0.3) is 0 Å². The van der Waals surface area contributed by atoms with E-state index < -0.39 is 11.9 Å². The van der Waals surface area contributed by atoms with Crippen molar-refractivity contribution in [2.45, 2.75) is 25.8 Å². The maximum Gasteiger partial charge on any atom is 0.307 e. The van der Waals surface area contributed by atoms with Crippen LogP contribution in [0, 0.1) is 11.8 Å². The lowest BCUT2D eigenvalue weighted by Gasteiger charge is -2.21. The molecule has 100 valence electrons. The molecule has 1 aliphatic carbocycles. The average Bonchev–Trinajstić information content (AvgIpc) is 3.20. The third-order valence-electron chi connectivity index (χ3n) is 4.09. The molecule has 0 radical (unpaired) electrons. The van der Waals surface area contributed by atoms with Crippen LogP contribution in [0.1, 0.15) is 24.0 Å². The number of fused-ring (bicyclic) bond motifs is 1. The standard InChI is InChI=1S/C15H17NO3/c17-14(12-8-13(12)15(18)19)16-7-3-6-10-4-1-2-5-11(10)9-16/h1-2,4-5,12-13H,3,6-9H2,(H,18,19)/t12-,13+/m1/s1. The van der Waals surface area contributed by atoms with E-state index in [0.717, 1.165) is 19.4 Å². The van der Waals surface area contributed by atoms with Crippen LogP contribution in [0.2, 0.25) is 0 Å². The van der Waals surface area contributed by atoms with Gasteiger partial charge in [0, 0.05) is 13.1 Å². The number of amides is 1. The molecule has 1 saturated carbocycles. The number of carboxylic acid groups (broad SMARTS) is 1. The van der Waals surface area contributed by atoms with Crippen molar-refractivity contribution in [1.29, 1.82) is 0 Å². The normalized spacial score (nSPS) is 25.4. The Morgan fingerprint density at radius 3 is 2.58 bits per heavy atom. The second-order valence-corrected chi connectivity index (χ2v) is 5.42. The van der Waals surface area contributed by atoms with Gasteiger partial charge < -0.3 is 10.0 Å². The lowest BCUT2D eigenvalue weighted by molar-refractivity contribution is -0.142. The fourth-order valence-electron chi connectivity index (χ4n) is 2.86. The number of carbonyl (C=O) groups is 2. The Labute approximate surface area is 112 Å². The molecule has 1 aliphatic heterocycles. The summed E-state index contributed by atoms with van der Waals surface area (Å²) in [5.74, 6) is -1.56. The fraction of sp³-hybridized carbons (Fsp3) is 0.467. The van der Waals surface area contributed by atoms with Crippen molar-refractivity contribution in [3.8, 4) is 0 Å². The molecule has 0 aromatic heterocycles. The second kappa shape index (κ2) is 4.68. The summed E-state index contributed by atoms with van der Waals surface area (Å²) in [4.78, 5) is 25.0. The summed E-state index contributed by atoms with van der Waals surface area (Å²) in [5, 5.41) is 8.91. The third kappa shape index (κ3) is 2.35. The van der Waals surface area contributed by atoms with Crippen molar-refractivity contribution < 1.29 is 14.7 Å². The van der Waals surface area contributed by atoms with Crippen LogP contribution >= 0.6 is 0 Å². The van der Waals surface area contributed by atoms with Crippen molar-refractivity contribution in [3.63, 3.8) is 0 Å². The highest BCUT2D eigenvalue weighted by molar-refractivity contribution is 5.89. The monoisotopic (exact) mass is 259 g/mol. The first-order chi connectivity index (χ1) is 9.16. The van der Waals surface area contributed by atoms with Crippen molar-refractivity contribution in [3.05, 3.63) is 35.4 Å². The Morgan fingerprint density at radius 1 is 1.16 bits per heavy atom. The van der Waals surface area contributed by atoms with Crippen molar-refractivity contribution in [2.75, 3.05) is 6.54 Å². The Hall–Kier alpha value is -1.84. The molecule has 0 spiro atoms. The molecule has 0 unspecified atom stereocenters. The number of carbonyl (C=O) groups excluding carboxylic acids is 1. The summed E-state index contributed by atoms with van der Waals surface area (Å²) >= 11 is 0. The van der Waals surface area contributed by atoms with Gasteiger partial charge in [-0.1, -0.05) is 24.3 Å². The first-order valence-corrected chi connectivity index (χ1v) is 6.75. The minimum Gasteiger partial charge on any atom is -0.481 e. The van der Waals surface area contributed by atoms with Crippen LogP contribution < -0.4 is 0 Å². The number of nitrogens with zero attached hydrogens (tertiary/aromatic N) is 1. The van der Waals surface area contributed by atoms with Crippen molar-refractivity contribution in [2.24, 2.45) is 11.8 Å². The number of rotatable bonds is 2. The van der Waals surface area contributed by atoms with Gasteiger partial charge in [-0.05, 0) is 30.4 Å². The maximum absolute atomic E-state index is 12.3. The van der Waals surface area contributed by atoms with Gasteiger partial charge in [-0.15, -0.1) is 0 Å². The quantitative estimate of drug-likeness (QED) is 0.879. The molecule has 2 aliphatic rings. The van der Waals surface area contributed by atoms with E-state index >= 15 is 0 Å². The van der Waals surface area contributed by atoms with E-state index in [4.69, 9.17) is 5.11 Å². The van der Waals surface area contributed by atoms with Gasteiger partial charge >= 0.3 is 5.97 Å². The first-order valence-electron chi connectivity index (χ1n) is 6.75. The number of hydrogen-bond donors (Lipinski definition) is 1. The van der Waals surface area contributed by atoms with Gasteiger partial charge in [-0.2, -0.15) is 0 Å². The Balaban J connectivity index is 1.73. The zero-order valence-electron chi connectivity index (χ0n) is 10.7. The summed E-state index contributed by atoms with van der Waals surface area (Å²) in [7, 11) is 0. The Morgan fingerprint density at radius 2 is 1.89 bits per heavy atom. The molecule has 1 heterocycles. The predicted octanol–water partition coefficient (Wildman–Crippen LogP) is 1.68. The van der Waals surface area contributed by atoms with Gasteiger partial charge in [0.05, 0.1) is 11.8 Å². The highest BCUT2D eigenvalue weighted by atomic mass is 16.4. The fourth-order valence-corrected chi connectivity index (χ4v) is 2.86. The molecule has 1 aromatic carbocycles. The molecule has 3 rings (SSSR count). The molecule has 4 nitrogen and oxygen atoms in total. The van der Waals surface area contributed by atoms with Gasteiger partial charge in [0.2, 0.25) is 5.91 Å². The molecule has 0 bridgehead atoms. The molecule has 1 amide bonds. The predicted molar refractivity (Wildman–Crippen MR) is 69.4 cm³/mol. The van der Waals surface area contributed by atoms with Gasteiger partial charge in [0.15, 0.2) is 0 Å². The highest BCUT2D eigenvalue weighted by Gasteiger charge is 2.49. The first kappa shape index (κ1) is 12.2. The van der Waals surface area contributed by atoms with Gasteiger partial charge in [0.25, 0.3) is 0 Å². The van der Waals surface area contributed by atoms with E-state index in [2.05, 4.69) is 12.1 Å². The highest BCUT2D eigenvalue weighted by Crippen LogP contribution is 2.40. The summed E-state index contributed by atoms with van der Waals surface area (Å²) in [5.41, 5.74) is 2.50. The van der Waals surface area contributed by atoms with Gasteiger partial charge in [-0.3, -0.25) is 9.59 Å². The van der Waals surface area contributed by atoms with Crippen LogP contribution in [0.4, 0.5) is 0 Å². The molecule has 1 N–H and O–H groups in total. The second-order valence-electron chi connectivity index (χ2n) is 5.42. The molecular formula is C15H17NO3. The van der Waals surface area contributed by atoms with Crippen LogP contribution in [0.3, 0.4) is 0 Å². The van der Waals surface area contributed by atoms with Crippen molar-refractivity contribution in [1.82, 2.24) is 4.90 Å². The number of hydrogen-bond acceptors (Lipinski definition) is 2. The SMILES string of the molecule is O=C(O)[C@H]1C[C@H]1C(=O)N1CCCc2ccccc2C1. The summed E-state index contributed by atoms with van der Waals surface area (Å²) in [6, 6.07) is 8.19. The lowest BCUT2D eigenvalue weighted by Crippen LogP contribution is -2.32. The average molecular weight is 259 g/mol. The van der Waals surface area contributed by atoms with E-state index in [0.29, 0.717) is 13.0 Å². The molecule has 19 heavy (non-hydrogen) atoms. The molecule has 1 aromatic rings. The van der Waals surface area contributed by atoms with Crippen LogP contribution in [0.15, 0.2) is 24.3 Å². The molecule has 0 saturated heterocycles. The summed E-state index contributed by atoms with van der Waals surface area (Å²) in [6.07, 6.45) is 2.45. The summed E-state index contributed by atoms with van der Waals surface area (Å²) in [6.45, 7) is 1.36. The maximum atomic E-state index is 12.3. The van der Waals surface area contributed by atoms with Crippen LogP contribution in [0.5, 0.6) is 0 Å². The van der Waals surface area contributed by atoms with E-state index in [1.807, 2.05) is 17.0 Å². The third-order valence-corrected chi connectivity index (χ3v) is 4.09. The van der Waals surface area contributed by atoms with E-state index in [-0.39, 0.29) is 11.8 Å². The number of aryl methyl sites for hydroxylation is 1. The molecule has 2 atom stereocenters. The number of carboxylic acids is 1. The molecule has 1 fully saturated rings. The molecule has 4 heteroatoms. The number of aliphatic carboxylic acids is 1. The lowest BCUT2D eigenvalue weighted by atomic mass is 10.0.